The number of aromatic nitrogens is 3. The maximum atomic E-state index is 5.35. The predicted molar refractivity (Wildman–Crippen MR) is 250 cm³/mol. The molecule has 12 rings (SSSR count). The Bertz CT molecular complexity index is 3620. The fourth-order valence-corrected chi connectivity index (χ4v) is 10.1. The summed E-state index contributed by atoms with van der Waals surface area (Å²) in [5, 5.41) is 12.2. The van der Waals surface area contributed by atoms with Crippen molar-refractivity contribution in [1.29, 1.82) is 0 Å². The van der Waals surface area contributed by atoms with Gasteiger partial charge >= 0.3 is 0 Å². The second kappa shape index (κ2) is 13.6. The van der Waals surface area contributed by atoms with E-state index >= 15 is 0 Å². The topological polar surface area (TPSA) is 38.7 Å². The third-order valence-corrected chi connectivity index (χ3v) is 12.9. The SMILES string of the molecule is c1ccc(-c2ccccc2-c2nc(-c3ccc4c(c3)sc3ccccc34)nc(-c3ccc(-c4c5ccccc5cc5c4ccc4ccccc45)c4ccccc34)n2)cc1. The lowest BCUT2D eigenvalue weighted by molar-refractivity contribution is 1.08. The Balaban J connectivity index is 1.11. The minimum Gasteiger partial charge on any atom is -0.208 e. The summed E-state index contributed by atoms with van der Waals surface area (Å²) >= 11 is 1.80. The third-order valence-electron chi connectivity index (χ3n) is 11.7. The molecule has 0 aliphatic heterocycles. The van der Waals surface area contributed by atoms with Gasteiger partial charge in [-0.1, -0.05) is 176 Å². The molecule has 3 nitrogen and oxygen atoms in total. The molecule has 0 saturated heterocycles. The Morgan fingerprint density at radius 1 is 0.271 bits per heavy atom. The van der Waals surface area contributed by atoms with Crippen LogP contribution in [0.5, 0.6) is 0 Å². The van der Waals surface area contributed by atoms with Gasteiger partial charge < -0.3 is 0 Å². The van der Waals surface area contributed by atoms with Crippen LogP contribution in [-0.4, -0.2) is 15.0 Å². The Morgan fingerprint density at radius 2 is 0.847 bits per heavy atom. The average Bonchev–Trinajstić information content (AvgIpc) is 3.69. The summed E-state index contributed by atoms with van der Waals surface area (Å²) in [4.78, 5) is 15.9. The summed E-state index contributed by atoms with van der Waals surface area (Å²) in [6.07, 6.45) is 0. The van der Waals surface area contributed by atoms with Crippen LogP contribution in [0.25, 0.3) is 120 Å². The lowest BCUT2D eigenvalue weighted by Gasteiger charge is -2.17. The van der Waals surface area contributed by atoms with Gasteiger partial charge in [0.15, 0.2) is 17.5 Å². The summed E-state index contributed by atoms with van der Waals surface area (Å²) in [7, 11) is 0. The largest absolute Gasteiger partial charge is 0.208 e. The first-order chi connectivity index (χ1) is 29.2. The van der Waals surface area contributed by atoms with Crippen LogP contribution < -0.4 is 0 Å². The minimum atomic E-state index is 0.640. The van der Waals surface area contributed by atoms with Gasteiger partial charge in [-0.25, -0.2) is 15.0 Å². The summed E-state index contributed by atoms with van der Waals surface area (Å²) < 4.78 is 2.48. The van der Waals surface area contributed by atoms with Crippen LogP contribution in [0.1, 0.15) is 0 Å². The highest BCUT2D eigenvalue weighted by Gasteiger charge is 2.20. The molecule has 274 valence electrons. The number of rotatable bonds is 5. The molecule has 2 aromatic heterocycles. The van der Waals surface area contributed by atoms with Gasteiger partial charge in [-0.3, -0.25) is 0 Å². The highest BCUT2D eigenvalue weighted by atomic mass is 32.1. The first kappa shape index (κ1) is 33.6. The molecule has 0 unspecified atom stereocenters. The van der Waals surface area contributed by atoms with Crippen molar-refractivity contribution in [3.05, 3.63) is 200 Å². The van der Waals surface area contributed by atoms with Crippen LogP contribution in [-0.2, 0) is 0 Å². The highest BCUT2D eigenvalue weighted by Crippen LogP contribution is 2.44. The summed E-state index contributed by atoms with van der Waals surface area (Å²) in [6, 6.07) is 71.7. The maximum absolute atomic E-state index is 5.35. The molecule has 0 bridgehead atoms. The highest BCUT2D eigenvalue weighted by molar-refractivity contribution is 7.25. The molecular weight excluding hydrogens is 735 g/mol. The molecule has 0 N–H and O–H groups in total. The van der Waals surface area contributed by atoms with E-state index < -0.39 is 0 Å². The van der Waals surface area contributed by atoms with Gasteiger partial charge in [-0.2, -0.15) is 0 Å². The number of benzene rings is 10. The Morgan fingerprint density at radius 3 is 1.68 bits per heavy atom. The number of hydrogen-bond acceptors (Lipinski definition) is 4. The van der Waals surface area contributed by atoms with Crippen molar-refractivity contribution in [2.45, 2.75) is 0 Å². The van der Waals surface area contributed by atoms with Crippen molar-refractivity contribution in [2.75, 3.05) is 0 Å². The number of fused-ring (bicyclic) bond motifs is 8. The van der Waals surface area contributed by atoms with Gasteiger partial charge in [-0.15, -0.1) is 11.3 Å². The van der Waals surface area contributed by atoms with Gasteiger partial charge in [0.25, 0.3) is 0 Å². The zero-order valence-corrected chi connectivity index (χ0v) is 32.6. The van der Waals surface area contributed by atoms with E-state index in [0.29, 0.717) is 17.5 Å². The molecule has 4 heteroatoms. The molecule has 10 aromatic carbocycles. The van der Waals surface area contributed by atoms with E-state index in [9.17, 15) is 0 Å². The van der Waals surface area contributed by atoms with Crippen molar-refractivity contribution in [3.8, 4) is 56.4 Å². The monoisotopic (exact) mass is 767 g/mol. The molecule has 0 fully saturated rings. The second-order valence-electron chi connectivity index (χ2n) is 15.1. The summed E-state index contributed by atoms with van der Waals surface area (Å²) in [5.41, 5.74) is 7.49. The normalized spacial score (nSPS) is 11.7. The number of thiophene rings is 1. The maximum Gasteiger partial charge on any atom is 0.164 e. The van der Waals surface area contributed by atoms with E-state index in [-0.39, 0.29) is 0 Å². The number of hydrogen-bond donors (Lipinski definition) is 0. The zero-order chi connectivity index (χ0) is 38.9. The molecule has 0 aliphatic rings. The molecule has 2 heterocycles. The predicted octanol–water partition coefficient (Wildman–Crippen LogP) is 15.2. The Kier molecular flexibility index (Phi) is 7.72. The molecule has 12 aromatic rings. The van der Waals surface area contributed by atoms with E-state index in [2.05, 4.69) is 194 Å². The lowest BCUT2D eigenvalue weighted by Crippen LogP contribution is -2.01. The van der Waals surface area contributed by atoms with Crippen LogP contribution >= 0.6 is 11.3 Å². The zero-order valence-electron chi connectivity index (χ0n) is 31.8. The van der Waals surface area contributed by atoms with Crippen LogP contribution in [0.15, 0.2) is 200 Å². The van der Waals surface area contributed by atoms with Crippen LogP contribution in [0.3, 0.4) is 0 Å². The molecule has 0 atom stereocenters. The molecule has 59 heavy (non-hydrogen) atoms. The Labute approximate surface area is 344 Å². The summed E-state index contributed by atoms with van der Waals surface area (Å²) in [6.45, 7) is 0. The van der Waals surface area contributed by atoms with Gasteiger partial charge in [0.05, 0.1) is 0 Å². The molecule has 0 saturated carbocycles. The van der Waals surface area contributed by atoms with Crippen molar-refractivity contribution in [1.82, 2.24) is 15.0 Å². The molecule has 0 spiro atoms. The van der Waals surface area contributed by atoms with Crippen molar-refractivity contribution < 1.29 is 0 Å². The Hall–Kier alpha value is -7.53. The minimum absolute atomic E-state index is 0.640. The molecular formula is C55H33N3S. The van der Waals surface area contributed by atoms with E-state index in [0.717, 1.165) is 38.6 Å². The van der Waals surface area contributed by atoms with Gasteiger partial charge in [0.2, 0.25) is 0 Å². The van der Waals surface area contributed by atoms with E-state index in [1.54, 1.807) is 11.3 Å². The number of nitrogens with zero attached hydrogens (tertiary/aromatic N) is 3. The van der Waals surface area contributed by atoms with E-state index in [1.807, 2.05) is 6.07 Å². The fourth-order valence-electron chi connectivity index (χ4n) is 8.98. The molecule has 0 radical (unpaired) electrons. The second-order valence-corrected chi connectivity index (χ2v) is 16.2. The lowest BCUT2D eigenvalue weighted by atomic mass is 9.87. The average molecular weight is 768 g/mol. The summed E-state index contributed by atoms with van der Waals surface area (Å²) in [5.74, 6) is 1.93. The van der Waals surface area contributed by atoms with Gasteiger partial charge in [0, 0.05) is 36.9 Å². The molecule has 0 amide bonds. The van der Waals surface area contributed by atoms with Crippen LogP contribution in [0.4, 0.5) is 0 Å². The first-order valence-corrected chi connectivity index (χ1v) is 20.8. The standard InChI is InChI=1S/C55H33N3S/c1-2-14-34(15-3-1)38-18-8-11-24-47(38)54-56-53(37-27-28-44-43-23-12-13-25-50(43)59-51(44)33-37)57-55(58-54)48-31-30-45(41-21-9-10-22-42(41)48)52-40-20-7-5-17-36(40)32-49-39-19-6-4-16-35(39)26-29-46(49)52/h1-33H. The van der Waals surface area contributed by atoms with E-state index in [1.165, 1.54) is 63.6 Å². The third kappa shape index (κ3) is 5.53. The van der Waals surface area contributed by atoms with Crippen LogP contribution in [0, 0.1) is 0 Å². The van der Waals surface area contributed by atoms with Crippen molar-refractivity contribution in [3.63, 3.8) is 0 Å². The van der Waals surface area contributed by atoms with Gasteiger partial charge in [-0.05, 0) is 89.6 Å². The van der Waals surface area contributed by atoms with E-state index in [4.69, 9.17) is 15.0 Å². The fraction of sp³-hybridized carbons (Fsp3) is 0. The van der Waals surface area contributed by atoms with Crippen LogP contribution in [0.2, 0.25) is 0 Å². The molecule has 0 aliphatic carbocycles. The quantitative estimate of drug-likeness (QED) is 0.129. The smallest absolute Gasteiger partial charge is 0.164 e. The van der Waals surface area contributed by atoms with Crippen molar-refractivity contribution in [2.24, 2.45) is 0 Å². The van der Waals surface area contributed by atoms with Crippen molar-refractivity contribution >= 4 is 74.6 Å². The van der Waals surface area contributed by atoms with Gasteiger partial charge in [0.1, 0.15) is 0 Å². The first-order valence-electron chi connectivity index (χ1n) is 19.9.